The Bertz CT molecular complexity index is 1130. The van der Waals surface area contributed by atoms with Crippen LogP contribution in [-0.2, 0) is 16.0 Å². The molecule has 2 amide bonds. The van der Waals surface area contributed by atoms with Gasteiger partial charge in [-0.05, 0) is 77.0 Å². The van der Waals surface area contributed by atoms with Crippen molar-refractivity contribution in [2.75, 3.05) is 18.0 Å². The van der Waals surface area contributed by atoms with E-state index in [1.807, 2.05) is 57.7 Å². The maximum absolute atomic E-state index is 14.4. The highest BCUT2D eigenvalue weighted by Crippen LogP contribution is 2.45. The first-order chi connectivity index (χ1) is 17.6. The van der Waals surface area contributed by atoms with Crippen LogP contribution in [0, 0.1) is 5.92 Å². The molecular formula is C31H43N3O3. The van der Waals surface area contributed by atoms with Crippen LogP contribution in [0.4, 0.5) is 5.69 Å². The molecule has 1 aliphatic heterocycles. The van der Waals surface area contributed by atoms with Gasteiger partial charge in [0, 0.05) is 35.9 Å². The Morgan fingerprint density at radius 3 is 2.46 bits per heavy atom. The van der Waals surface area contributed by atoms with E-state index in [4.69, 9.17) is 4.74 Å². The van der Waals surface area contributed by atoms with Crippen LogP contribution in [0.25, 0.3) is 0 Å². The fraction of sp³-hybridized carbons (Fsp3) is 0.548. The highest BCUT2D eigenvalue weighted by molar-refractivity contribution is 5.93. The third kappa shape index (κ3) is 5.48. The first-order valence-electron chi connectivity index (χ1n) is 13.8. The van der Waals surface area contributed by atoms with E-state index in [0.717, 1.165) is 49.2 Å². The Labute approximate surface area is 222 Å². The van der Waals surface area contributed by atoms with Crippen molar-refractivity contribution >= 4 is 17.5 Å². The number of nitrogens with one attached hydrogen (secondary N) is 1. The molecule has 3 unspecified atom stereocenters. The number of rotatable bonds is 6. The minimum Gasteiger partial charge on any atom is -0.480 e. The molecule has 2 aromatic carbocycles. The van der Waals surface area contributed by atoms with Crippen molar-refractivity contribution < 1.29 is 14.3 Å². The smallest absolute Gasteiger partial charge is 0.265 e. The van der Waals surface area contributed by atoms with E-state index in [-0.39, 0.29) is 23.8 Å². The SMILES string of the molecule is CCN(CC)c1ccc2c(c1)OC(C(C)C)C(=O)N(C1CCCc3ccccc31)C2C(=O)NC(C)(C)C. The number of nitrogens with zero attached hydrogens (tertiary/aromatic N) is 2. The zero-order chi connectivity index (χ0) is 26.9. The number of hydrogen-bond acceptors (Lipinski definition) is 4. The van der Waals surface area contributed by atoms with Crippen molar-refractivity contribution in [3.05, 3.63) is 59.2 Å². The second-order valence-corrected chi connectivity index (χ2v) is 11.7. The molecule has 0 spiro atoms. The van der Waals surface area contributed by atoms with Crippen molar-refractivity contribution in [2.45, 2.75) is 91.5 Å². The Kier molecular flexibility index (Phi) is 7.86. The van der Waals surface area contributed by atoms with Gasteiger partial charge in [0.25, 0.3) is 5.91 Å². The fourth-order valence-corrected chi connectivity index (χ4v) is 5.73. The predicted molar refractivity (Wildman–Crippen MR) is 149 cm³/mol. The van der Waals surface area contributed by atoms with Crippen LogP contribution >= 0.6 is 0 Å². The summed E-state index contributed by atoms with van der Waals surface area (Å²) in [6.45, 7) is 15.9. The van der Waals surface area contributed by atoms with Crippen molar-refractivity contribution in [2.24, 2.45) is 5.92 Å². The Morgan fingerprint density at radius 2 is 1.81 bits per heavy atom. The number of anilines is 1. The number of benzene rings is 2. The molecule has 200 valence electrons. The quantitative estimate of drug-likeness (QED) is 0.538. The summed E-state index contributed by atoms with van der Waals surface area (Å²) in [5.74, 6) is 0.278. The minimum absolute atomic E-state index is 0.0526. The molecule has 0 saturated heterocycles. The average molecular weight is 506 g/mol. The van der Waals surface area contributed by atoms with E-state index in [2.05, 4.69) is 48.3 Å². The normalized spacial score (nSPS) is 21.6. The molecule has 0 radical (unpaired) electrons. The number of ether oxygens (including phenoxy) is 1. The van der Waals surface area contributed by atoms with Gasteiger partial charge in [0.05, 0.1) is 6.04 Å². The molecule has 37 heavy (non-hydrogen) atoms. The number of aryl methyl sites for hydroxylation is 1. The molecule has 0 fully saturated rings. The highest BCUT2D eigenvalue weighted by Gasteiger charge is 2.46. The molecule has 1 heterocycles. The van der Waals surface area contributed by atoms with Crippen LogP contribution in [0.2, 0.25) is 0 Å². The van der Waals surface area contributed by atoms with E-state index in [0.29, 0.717) is 5.75 Å². The molecule has 6 heteroatoms. The minimum atomic E-state index is -0.785. The number of hydrogen-bond donors (Lipinski definition) is 1. The maximum Gasteiger partial charge on any atom is 0.265 e. The van der Waals surface area contributed by atoms with E-state index >= 15 is 0 Å². The van der Waals surface area contributed by atoms with Crippen molar-refractivity contribution in [3.8, 4) is 5.75 Å². The molecule has 2 aromatic rings. The summed E-state index contributed by atoms with van der Waals surface area (Å²) < 4.78 is 6.53. The summed E-state index contributed by atoms with van der Waals surface area (Å²) in [5.41, 5.74) is 3.73. The number of fused-ring (bicyclic) bond motifs is 2. The molecule has 3 atom stereocenters. The highest BCUT2D eigenvalue weighted by atomic mass is 16.5. The lowest BCUT2D eigenvalue weighted by Crippen LogP contribution is -2.52. The van der Waals surface area contributed by atoms with Crippen LogP contribution in [-0.4, -0.2) is 41.4 Å². The molecule has 1 N–H and O–H groups in total. The lowest BCUT2D eigenvalue weighted by molar-refractivity contribution is -0.150. The predicted octanol–water partition coefficient (Wildman–Crippen LogP) is 5.81. The standard InChI is InChI=1S/C31H43N3O3/c1-8-33(9-2)22-17-18-24-26(19-22)37-28(20(3)4)30(36)34(27(24)29(35)32-31(5,6)7)25-16-12-14-21-13-10-11-15-23(21)25/h10-11,13,15,17-20,25,27-28H,8-9,12,14,16H2,1-7H3,(H,32,35). The maximum atomic E-state index is 14.4. The second kappa shape index (κ2) is 10.8. The van der Waals surface area contributed by atoms with Gasteiger partial charge >= 0.3 is 0 Å². The van der Waals surface area contributed by atoms with Crippen LogP contribution < -0.4 is 15.0 Å². The molecule has 6 nitrogen and oxygen atoms in total. The number of amides is 2. The van der Waals surface area contributed by atoms with Crippen molar-refractivity contribution in [3.63, 3.8) is 0 Å². The van der Waals surface area contributed by atoms with E-state index in [1.165, 1.54) is 5.56 Å². The van der Waals surface area contributed by atoms with E-state index in [9.17, 15) is 9.59 Å². The monoisotopic (exact) mass is 505 g/mol. The summed E-state index contributed by atoms with van der Waals surface area (Å²) in [6.07, 6.45) is 2.11. The Balaban J connectivity index is 1.93. The third-order valence-electron chi connectivity index (χ3n) is 7.48. The van der Waals surface area contributed by atoms with Gasteiger partial charge in [-0.15, -0.1) is 0 Å². The molecule has 0 aromatic heterocycles. The number of carbonyl (C=O) groups is 2. The molecular weight excluding hydrogens is 462 g/mol. The van der Waals surface area contributed by atoms with Crippen LogP contribution in [0.1, 0.15) is 90.1 Å². The van der Waals surface area contributed by atoms with Crippen molar-refractivity contribution in [1.82, 2.24) is 10.2 Å². The van der Waals surface area contributed by atoms with E-state index < -0.39 is 17.7 Å². The first-order valence-corrected chi connectivity index (χ1v) is 13.8. The van der Waals surface area contributed by atoms with Crippen LogP contribution in [0.5, 0.6) is 5.75 Å². The Hall–Kier alpha value is -3.02. The molecule has 0 saturated carbocycles. The molecule has 1 aliphatic carbocycles. The average Bonchev–Trinajstić information content (AvgIpc) is 2.97. The van der Waals surface area contributed by atoms with Gasteiger partial charge in [-0.1, -0.05) is 44.2 Å². The Morgan fingerprint density at radius 1 is 1.11 bits per heavy atom. The van der Waals surface area contributed by atoms with Gasteiger partial charge in [-0.25, -0.2) is 0 Å². The van der Waals surface area contributed by atoms with E-state index in [1.54, 1.807) is 0 Å². The molecule has 4 rings (SSSR count). The zero-order valence-corrected chi connectivity index (χ0v) is 23.5. The van der Waals surface area contributed by atoms with Gasteiger partial charge in [-0.3, -0.25) is 9.59 Å². The molecule has 2 aliphatic rings. The molecule has 0 bridgehead atoms. The van der Waals surface area contributed by atoms with Gasteiger partial charge in [-0.2, -0.15) is 0 Å². The summed E-state index contributed by atoms with van der Waals surface area (Å²) >= 11 is 0. The number of carbonyl (C=O) groups excluding carboxylic acids is 2. The van der Waals surface area contributed by atoms with Gasteiger partial charge < -0.3 is 19.9 Å². The fourth-order valence-electron chi connectivity index (χ4n) is 5.73. The largest absolute Gasteiger partial charge is 0.480 e. The summed E-state index contributed by atoms with van der Waals surface area (Å²) in [6, 6.07) is 13.4. The van der Waals surface area contributed by atoms with Gasteiger partial charge in [0.2, 0.25) is 5.91 Å². The summed E-state index contributed by atoms with van der Waals surface area (Å²) in [5, 5.41) is 3.18. The van der Waals surface area contributed by atoms with Gasteiger partial charge in [0.15, 0.2) is 6.10 Å². The summed E-state index contributed by atoms with van der Waals surface area (Å²) in [7, 11) is 0. The van der Waals surface area contributed by atoms with Crippen molar-refractivity contribution in [1.29, 1.82) is 0 Å². The summed E-state index contributed by atoms with van der Waals surface area (Å²) in [4.78, 5) is 32.6. The van der Waals surface area contributed by atoms with Crippen LogP contribution in [0.3, 0.4) is 0 Å². The topological polar surface area (TPSA) is 61.9 Å². The van der Waals surface area contributed by atoms with Crippen LogP contribution in [0.15, 0.2) is 42.5 Å². The lowest BCUT2D eigenvalue weighted by Gasteiger charge is -2.41. The second-order valence-electron chi connectivity index (χ2n) is 11.7. The first kappa shape index (κ1) is 27.0. The third-order valence-corrected chi connectivity index (χ3v) is 7.48. The van der Waals surface area contributed by atoms with Gasteiger partial charge in [0.1, 0.15) is 11.8 Å². The lowest BCUT2D eigenvalue weighted by atomic mass is 9.85. The zero-order valence-electron chi connectivity index (χ0n) is 23.5.